The molecule has 2 heterocycles. The largest absolute Gasteiger partial charge is 0.455 e. The maximum atomic E-state index is 13.0. The van der Waals surface area contributed by atoms with Crippen LogP contribution in [0.4, 0.5) is 5.69 Å². The number of ether oxygens (including phenoxy) is 1. The zero-order valence-electron chi connectivity index (χ0n) is 17.5. The highest BCUT2D eigenvalue weighted by molar-refractivity contribution is 7.92. The van der Waals surface area contributed by atoms with Crippen LogP contribution in [0.1, 0.15) is 12.5 Å². The number of sulfonamides is 1. The number of hydrogen-bond acceptors (Lipinski definition) is 7. The summed E-state index contributed by atoms with van der Waals surface area (Å²) in [5.41, 5.74) is 1.60. The number of halogens is 2. The minimum atomic E-state index is -3.95. The topological polar surface area (TPSA) is 112 Å². The summed E-state index contributed by atoms with van der Waals surface area (Å²) < 4.78 is 36.0. The van der Waals surface area contributed by atoms with E-state index in [0.29, 0.717) is 34.5 Å². The fraction of sp³-hybridized carbons (Fsp3) is 0.143. The van der Waals surface area contributed by atoms with Crippen molar-refractivity contribution in [3.63, 3.8) is 0 Å². The number of aryl methyl sites for hydroxylation is 2. The number of nitrogens with zero attached hydrogens (tertiary/aromatic N) is 5. The van der Waals surface area contributed by atoms with E-state index in [9.17, 15) is 8.42 Å². The molecule has 4 aromatic rings. The van der Waals surface area contributed by atoms with Gasteiger partial charge in [-0.25, -0.2) is 13.1 Å². The molecular weight excluding hydrogens is 487 g/mol. The Morgan fingerprint density at radius 2 is 1.91 bits per heavy atom. The van der Waals surface area contributed by atoms with E-state index in [-0.39, 0.29) is 15.6 Å². The van der Waals surface area contributed by atoms with Gasteiger partial charge in [0.15, 0.2) is 5.82 Å². The minimum absolute atomic E-state index is 0.0277. The molecule has 2 aromatic heterocycles. The molecule has 0 fully saturated rings. The first-order valence-corrected chi connectivity index (χ1v) is 12.0. The Balaban J connectivity index is 1.75. The summed E-state index contributed by atoms with van der Waals surface area (Å²) in [6.45, 7) is 4.21. The van der Waals surface area contributed by atoms with Crippen molar-refractivity contribution in [3.05, 3.63) is 70.5 Å². The van der Waals surface area contributed by atoms with Gasteiger partial charge in [0.05, 0.1) is 21.8 Å². The summed E-state index contributed by atoms with van der Waals surface area (Å²) in [6, 6.07) is 11.1. The summed E-state index contributed by atoms with van der Waals surface area (Å²) in [5, 5.41) is 12.3. The van der Waals surface area contributed by atoms with E-state index in [1.807, 2.05) is 13.8 Å². The van der Waals surface area contributed by atoms with Crippen LogP contribution in [0.3, 0.4) is 0 Å². The average Bonchev–Trinajstić information content (AvgIpc) is 3.23. The van der Waals surface area contributed by atoms with Gasteiger partial charge < -0.3 is 4.74 Å². The fourth-order valence-corrected chi connectivity index (χ4v) is 4.89. The molecule has 0 saturated carbocycles. The Bertz CT molecular complexity index is 1430. The summed E-state index contributed by atoms with van der Waals surface area (Å²) in [4.78, 5) is 3.99. The van der Waals surface area contributed by atoms with Crippen molar-refractivity contribution < 1.29 is 13.2 Å². The predicted octanol–water partition coefficient (Wildman–Crippen LogP) is 4.96. The number of nitrogens with one attached hydrogen (secondary N) is 1. The van der Waals surface area contributed by atoms with Gasteiger partial charge >= 0.3 is 0 Å². The molecule has 0 saturated heterocycles. The normalized spacial score (nSPS) is 11.4. The molecule has 12 heteroatoms. The van der Waals surface area contributed by atoms with Gasteiger partial charge in [0.1, 0.15) is 16.4 Å². The molecule has 0 aliphatic rings. The number of benzene rings is 2. The molecule has 0 atom stereocenters. The van der Waals surface area contributed by atoms with Crippen molar-refractivity contribution in [2.24, 2.45) is 0 Å². The lowest BCUT2D eigenvalue weighted by atomic mass is 10.1. The second-order valence-corrected chi connectivity index (χ2v) is 9.50. The second-order valence-electron chi connectivity index (χ2n) is 7.01. The molecule has 2 aromatic carbocycles. The molecular formula is C21H18Cl2N6O3S. The lowest BCUT2D eigenvalue weighted by Gasteiger charge is -2.14. The Hall–Kier alpha value is -3.21. The Labute approximate surface area is 200 Å². The summed E-state index contributed by atoms with van der Waals surface area (Å²) >= 11 is 12.2. The Morgan fingerprint density at radius 1 is 1.09 bits per heavy atom. The van der Waals surface area contributed by atoms with Crippen LogP contribution in [0, 0.1) is 6.92 Å². The number of aromatic nitrogens is 5. The first kappa shape index (κ1) is 23.0. The first-order valence-electron chi connectivity index (χ1n) is 9.75. The highest BCUT2D eigenvalue weighted by atomic mass is 35.5. The van der Waals surface area contributed by atoms with Crippen LogP contribution in [0.25, 0.3) is 11.4 Å². The van der Waals surface area contributed by atoms with Gasteiger partial charge in [0, 0.05) is 24.5 Å². The Kier molecular flexibility index (Phi) is 6.50. The molecule has 4 rings (SSSR count). The smallest absolute Gasteiger partial charge is 0.263 e. The van der Waals surface area contributed by atoms with Crippen LogP contribution in [0.2, 0.25) is 10.0 Å². The fourth-order valence-electron chi connectivity index (χ4n) is 3.08. The van der Waals surface area contributed by atoms with Gasteiger partial charge in [0.2, 0.25) is 0 Å². The van der Waals surface area contributed by atoms with E-state index in [0.717, 1.165) is 5.56 Å². The van der Waals surface area contributed by atoms with E-state index in [2.05, 4.69) is 25.2 Å². The minimum Gasteiger partial charge on any atom is -0.455 e. The van der Waals surface area contributed by atoms with E-state index >= 15 is 0 Å². The zero-order chi connectivity index (χ0) is 23.6. The van der Waals surface area contributed by atoms with Crippen LogP contribution in [0.15, 0.2) is 59.8 Å². The van der Waals surface area contributed by atoms with Crippen LogP contribution in [-0.2, 0) is 16.6 Å². The van der Waals surface area contributed by atoms with Crippen molar-refractivity contribution in [1.29, 1.82) is 0 Å². The maximum absolute atomic E-state index is 13.0. The van der Waals surface area contributed by atoms with Crippen molar-refractivity contribution in [2.45, 2.75) is 25.3 Å². The van der Waals surface area contributed by atoms with E-state index < -0.39 is 10.0 Å². The number of anilines is 1. The SMILES string of the molecule is CCn1nnnc1-c1cc(NS(=O)(=O)c2ccc(C)cc2Cl)ccc1Oc1cncc(Cl)c1. The molecule has 0 amide bonds. The highest BCUT2D eigenvalue weighted by Gasteiger charge is 2.21. The van der Waals surface area contributed by atoms with Gasteiger partial charge in [0.25, 0.3) is 10.0 Å². The molecule has 0 bridgehead atoms. The molecule has 0 spiro atoms. The van der Waals surface area contributed by atoms with Gasteiger partial charge in [-0.2, -0.15) is 0 Å². The molecule has 0 unspecified atom stereocenters. The third kappa shape index (κ3) is 5.08. The predicted molar refractivity (Wildman–Crippen MR) is 125 cm³/mol. The van der Waals surface area contributed by atoms with Crippen LogP contribution >= 0.6 is 23.2 Å². The average molecular weight is 505 g/mol. The monoisotopic (exact) mass is 504 g/mol. The van der Waals surface area contributed by atoms with Crippen molar-refractivity contribution in [2.75, 3.05) is 4.72 Å². The van der Waals surface area contributed by atoms with Gasteiger partial charge in [-0.15, -0.1) is 5.10 Å². The molecule has 0 aliphatic carbocycles. The van der Waals surface area contributed by atoms with E-state index in [1.165, 1.54) is 18.5 Å². The first-order chi connectivity index (χ1) is 15.8. The quantitative estimate of drug-likeness (QED) is 0.378. The van der Waals surface area contributed by atoms with Gasteiger partial charge in [-0.05, 0) is 60.2 Å². The van der Waals surface area contributed by atoms with Crippen molar-refractivity contribution in [3.8, 4) is 22.9 Å². The van der Waals surface area contributed by atoms with E-state index in [4.69, 9.17) is 27.9 Å². The zero-order valence-corrected chi connectivity index (χ0v) is 19.9. The molecule has 33 heavy (non-hydrogen) atoms. The maximum Gasteiger partial charge on any atom is 0.263 e. The Morgan fingerprint density at radius 3 is 2.64 bits per heavy atom. The van der Waals surface area contributed by atoms with Crippen LogP contribution < -0.4 is 9.46 Å². The number of tetrazole rings is 1. The lowest BCUT2D eigenvalue weighted by molar-refractivity contribution is 0.481. The standard InChI is InChI=1S/C21H18Cl2N6O3S/c1-3-29-21(25-27-28-29)17-10-15(5-6-19(17)32-16-9-14(22)11-24-12-16)26-33(30,31)20-7-4-13(2)8-18(20)23/h4-12,26H,3H2,1-2H3. The number of hydrogen-bond donors (Lipinski definition) is 1. The number of rotatable bonds is 7. The molecule has 170 valence electrons. The lowest BCUT2D eigenvalue weighted by Crippen LogP contribution is -2.14. The third-order valence-corrected chi connectivity index (χ3v) is 6.66. The summed E-state index contributed by atoms with van der Waals surface area (Å²) in [7, 11) is -3.95. The molecule has 0 aliphatic heterocycles. The van der Waals surface area contributed by atoms with Gasteiger partial charge in [-0.1, -0.05) is 29.3 Å². The summed E-state index contributed by atoms with van der Waals surface area (Å²) in [5.74, 6) is 1.19. The van der Waals surface area contributed by atoms with Crippen LogP contribution in [-0.4, -0.2) is 33.6 Å². The summed E-state index contributed by atoms with van der Waals surface area (Å²) in [6.07, 6.45) is 3.00. The molecule has 0 radical (unpaired) electrons. The van der Waals surface area contributed by atoms with Crippen LogP contribution in [0.5, 0.6) is 11.5 Å². The van der Waals surface area contributed by atoms with Crippen molar-refractivity contribution >= 4 is 38.9 Å². The second kappa shape index (κ2) is 9.34. The number of pyridine rings is 1. The molecule has 1 N–H and O–H groups in total. The molecule has 9 nitrogen and oxygen atoms in total. The van der Waals surface area contributed by atoms with Crippen molar-refractivity contribution in [1.82, 2.24) is 25.2 Å². The van der Waals surface area contributed by atoms with Gasteiger partial charge in [-0.3, -0.25) is 9.71 Å². The third-order valence-electron chi connectivity index (χ3n) is 4.59. The highest BCUT2D eigenvalue weighted by Crippen LogP contribution is 2.35. The van der Waals surface area contributed by atoms with E-state index in [1.54, 1.807) is 41.1 Å².